The summed E-state index contributed by atoms with van der Waals surface area (Å²) in [7, 11) is 0. The number of carbonyl (C=O) groups is 1. The molecule has 0 saturated heterocycles. The summed E-state index contributed by atoms with van der Waals surface area (Å²) in [5.74, 6) is 5.46. The number of pyridine rings is 1. The summed E-state index contributed by atoms with van der Waals surface area (Å²) in [5, 5.41) is 17.9. The molecule has 102 valence electrons. The Morgan fingerprint density at radius 2 is 2.45 bits per heavy atom. The molecule has 0 aromatic carbocycles. The van der Waals surface area contributed by atoms with Crippen molar-refractivity contribution < 1.29 is 9.90 Å². The summed E-state index contributed by atoms with van der Waals surface area (Å²) in [6, 6.07) is 1.26. The van der Waals surface area contributed by atoms with Crippen LogP contribution in [0.15, 0.2) is 24.8 Å². The Kier molecular flexibility index (Phi) is 4.42. The van der Waals surface area contributed by atoms with Gasteiger partial charge in [0.1, 0.15) is 18.8 Å². The molecule has 0 saturated carbocycles. The van der Waals surface area contributed by atoms with Crippen LogP contribution in [-0.2, 0) is 0 Å². The van der Waals surface area contributed by atoms with Crippen molar-refractivity contribution in [1.82, 2.24) is 25.5 Å². The molecule has 0 aliphatic carbocycles. The Morgan fingerprint density at radius 1 is 1.60 bits per heavy atom. The van der Waals surface area contributed by atoms with Crippen LogP contribution in [0.1, 0.15) is 34.7 Å². The molecule has 2 aromatic heterocycles. The number of amides is 1. The average molecular weight is 271 g/mol. The lowest BCUT2D eigenvalue weighted by Crippen LogP contribution is -2.28. The van der Waals surface area contributed by atoms with E-state index in [1.807, 2.05) is 0 Å². The third-order valence-corrected chi connectivity index (χ3v) is 2.56. The number of hydrogen-bond acceptors (Lipinski definition) is 5. The molecule has 0 spiro atoms. The number of rotatable bonds is 3. The van der Waals surface area contributed by atoms with Crippen molar-refractivity contribution in [3.8, 4) is 11.8 Å². The highest BCUT2D eigenvalue weighted by molar-refractivity contribution is 5.96. The van der Waals surface area contributed by atoms with Gasteiger partial charge in [-0.25, -0.2) is 4.98 Å². The number of aromatic nitrogens is 4. The molecule has 20 heavy (non-hydrogen) atoms. The van der Waals surface area contributed by atoms with Gasteiger partial charge in [0.15, 0.2) is 0 Å². The van der Waals surface area contributed by atoms with Crippen LogP contribution in [0.3, 0.4) is 0 Å². The molecule has 2 rings (SSSR count). The first-order chi connectivity index (χ1) is 9.72. The first-order valence-corrected chi connectivity index (χ1v) is 5.92. The third-order valence-electron chi connectivity index (χ3n) is 2.56. The predicted molar refractivity (Wildman–Crippen MR) is 70.5 cm³/mol. The van der Waals surface area contributed by atoms with Crippen molar-refractivity contribution in [2.75, 3.05) is 6.61 Å². The largest absolute Gasteiger partial charge is 0.384 e. The van der Waals surface area contributed by atoms with E-state index in [0.717, 1.165) is 0 Å². The van der Waals surface area contributed by atoms with Gasteiger partial charge in [-0.15, -0.1) is 0 Å². The number of hydrogen-bond donors (Lipinski definition) is 3. The van der Waals surface area contributed by atoms with Crippen molar-refractivity contribution in [3.63, 3.8) is 0 Å². The van der Waals surface area contributed by atoms with Gasteiger partial charge in [0.05, 0.1) is 17.2 Å². The summed E-state index contributed by atoms with van der Waals surface area (Å²) in [6.45, 7) is 1.52. The molecule has 0 aliphatic heterocycles. The highest BCUT2D eigenvalue weighted by atomic mass is 16.2. The Morgan fingerprint density at radius 3 is 3.15 bits per heavy atom. The lowest BCUT2D eigenvalue weighted by Gasteiger charge is -2.11. The van der Waals surface area contributed by atoms with Gasteiger partial charge in [-0.3, -0.25) is 14.9 Å². The maximum absolute atomic E-state index is 12.2. The van der Waals surface area contributed by atoms with Gasteiger partial charge >= 0.3 is 0 Å². The van der Waals surface area contributed by atoms with Crippen LogP contribution in [0.5, 0.6) is 0 Å². The maximum Gasteiger partial charge on any atom is 0.253 e. The van der Waals surface area contributed by atoms with E-state index in [1.165, 1.54) is 18.7 Å². The van der Waals surface area contributed by atoms with Gasteiger partial charge in [-0.1, -0.05) is 11.8 Å². The lowest BCUT2D eigenvalue weighted by molar-refractivity contribution is 0.0938. The van der Waals surface area contributed by atoms with Gasteiger partial charge in [0.2, 0.25) is 0 Å². The van der Waals surface area contributed by atoms with E-state index < -0.39 is 0 Å². The highest BCUT2D eigenvalue weighted by Gasteiger charge is 2.15. The molecule has 7 nitrogen and oxygen atoms in total. The Hall–Kier alpha value is -2.72. The standard InChI is InChI=1S/C13H13N5O2/c1-9(12-15-8-16-18-12)17-13(20)11-4-5-14-7-10(11)3-2-6-19/h4-5,7-9,19H,6H2,1H3,(H,17,20)(H,15,16,18). The second-order valence-corrected chi connectivity index (χ2v) is 3.95. The monoisotopic (exact) mass is 271 g/mol. The fourth-order valence-electron chi connectivity index (χ4n) is 1.59. The lowest BCUT2D eigenvalue weighted by atomic mass is 10.1. The molecule has 1 atom stereocenters. The molecular weight excluding hydrogens is 258 g/mol. The van der Waals surface area contributed by atoms with Crippen molar-refractivity contribution >= 4 is 5.91 Å². The molecule has 1 amide bonds. The molecule has 0 aliphatic rings. The first kappa shape index (κ1) is 13.7. The zero-order chi connectivity index (χ0) is 14.4. The van der Waals surface area contributed by atoms with Crippen LogP contribution in [0.2, 0.25) is 0 Å². The summed E-state index contributed by atoms with van der Waals surface area (Å²) in [6.07, 6.45) is 4.37. The number of aliphatic hydroxyl groups excluding tert-OH is 1. The van der Waals surface area contributed by atoms with E-state index in [-0.39, 0.29) is 18.6 Å². The van der Waals surface area contributed by atoms with Gasteiger partial charge in [0, 0.05) is 12.4 Å². The molecular formula is C13H13N5O2. The second kappa shape index (κ2) is 6.45. The van der Waals surface area contributed by atoms with E-state index in [4.69, 9.17) is 5.11 Å². The van der Waals surface area contributed by atoms with Gasteiger partial charge < -0.3 is 10.4 Å². The Bertz CT molecular complexity index is 642. The molecule has 0 bridgehead atoms. The Labute approximate surface area is 115 Å². The molecule has 1 unspecified atom stereocenters. The van der Waals surface area contributed by atoms with Crippen molar-refractivity contribution in [1.29, 1.82) is 0 Å². The maximum atomic E-state index is 12.2. The molecule has 0 radical (unpaired) electrons. The molecule has 2 heterocycles. The predicted octanol–water partition coefficient (Wildman–Crippen LogP) is 0.0345. The van der Waals surface area contributed by atoms with Crippen LogP contribution in [-0.4, -0.2) is 37.8 Å². The number of aromatic amines is 1. The normalized spacial score (nSPS) is 11.3. The van der Waals surface area contributed by atoms with E-state index >= 15 is 0 Å². The van der Waals surface area contributed by atoms with Gasteiger partial charge in [0.25, 0.3) is 5.91 Å². The van der Waals surface area contributed by atoms with E-state index in [2.05, 4.69) is 37.3 Å². The summed E-state index contributed by atoms with van der Waals surface area (Å²) in [4.78, 5) is 20.1. The van der Waals surface area contributed by atoms with Gasteiger partial charge in [-0.05, 0) is 13.0 Å². The van der Waals surface area contributed by atoms with Crippen LogP contribution >= 0.6 is 0 Å². The quantitative estimate of drug-likeness (QED) is 0.683. The van der Waals surface area contributed by atoms with Gasteiger partial charge in [-0.2, -0.15) is 5.10 Å². The van der Waals surface area contributed by atoms with E-state index in [1.54, 1.807) is 13.0 Å². The highest BCUT2D eigenvalue weighted by Crippen LogP contribution is 2.09. The fourth-order valence-corrected chi connectivity index (χ4v) is 1.59. The third kappa shape index (κ3) is 3.18. The van der Waals surface area contributed by atoms with Crippen molar-refractivity contribution in [2.24, 2.45) is 0 Å². The van der Waals surface area contributed by atoms with Crippen LogP contribution < -0.4 is 5.32 Å². The van der Waals surface area contributed by atoms with Crippen LogP contribution in [0.25, 0.3) is 0 Å². The zero-order valence-electron chi connectivity index (χ0n) is 10.8. The molecule has 2 aromatic rings. The van der Waals surface area contributed by atoms with Crippen molar-refractivity contribution in [2.45, 2.75) is 13.0 Å². The second-order valence-electron chi connectivity index (χ2n) is 3.95. The molecule has 0 fully saturated rings. The SMILES string of the molecule is CC(NC(=O)c1ccncc1C#CCO)c1ncn[nH]1. The van der Waals surface area contributed by atoms with Crippen LogP contribution in [0, 0.1) is 11.8 Å². The first-order valence-electron chi connectivity index (χ1n) is 5.92. The van der Waals surface area contributed by atoms with E-state index in [0.29, 0.717) is 17.0 Å². The summed E-state index contributed by atoms with van der Waals surface area (Å²) >= 11 is 0. The topological polar surface area (TPSA) is 104 Å². The molecule has 3 N–H and O–H groups in total. The summed E-state index contributed by atoms with van der Waals surface area (Å²) in [5.41, 5.74) is 0.858. The minimum atomic E-state index is -0.309. The average Bonchev–Trinajstić information content (AvgIpc) is 2.99. The van der Waals surface area contributed by atoms with E-state index in [9.17, 15) is 4.79 Å². The number of nitrogens with zero attached hydrogens (tertiary/aromatic N) is 3. The number of aliphatic hydroxyl groups is 1. The fraction of sp³-hybridized carbons (Fsp3) is 0.231. The van der Waals surface area contributed by atoms with Crippen LogP contribution in [0.4, 0.5) is 0 Å². The summed E-state index contributed by atoms with van der Waals surface area (Å²) < 4.78 is 0. The number of carbonyl (C=O) groups excluding carboxylic acids is 1. The smallest absolute Gasteiger partial charge is 0.253 e. The zero-order valence-corrected chi connectivity index (χ0v) is 10.8. The van der Waals surface area contributed by atoms with Crippen molar-refractivity contribution in [3.05, 3.63) is 41.7 Å². The minimum Gasteiger partial charge on any atom is -0.384 e. The minimum absolute atomic E-state index is 0.273. The number of H-pyrrole nitrogens is 1. The molecule has 7 heteroatoms. The number of nitrogens with one attached hydrogen (secondary N) is 2. The Balaban J connectivity index is 2.17.